The largest absolute Gasteiger partial charge is 0.496 e. The summed E-state index contributed by atoms with van der Waals surface area (Å²) in [7, 11) is 1.72. The fraction of sp³-hybridized carbons (Fsp3) is 0.571. The molecule has 2 atom stereocenters. The maximum Gasteiger partial charge on any atom is 0.122 e. The topological polar surface area (TPSA) is 30.5 Å². The molecule has 1 N–H and O–H groups in total. The van der Waals surface area contributed by atoms with E-state index in [-0.39, 0.29) is 0 Å². The fourth-order valence-electron chi connectivity index (χ4n) is 2.33. The summed E-state index contributed by atoms with van der Waals surface area (Å²) in [5.74, 6) is 0.976. The van der Waals surface area contributed by atoms with Gasteiger partial charge < -0.3 is 14.8 Å². The molecular formula is C14H21NO2. The molecule has 1 aromatic rings. The van der Waals surface area contributed by atoms with Crippen molar-refractivity contribution in [3.8, 4) is 5.75 Å². The number of nitrogens with one attached hydrogen (secondary N) is 1. The fourth-order valence-corrected chi connectivity index (χ4v) is 2.33. The van der Waals surface area contributed by atoms with E-state index in [4.69, 9.17) is 9.47 Å². The average Bonchev–Trinajstić information content (AvgIpc) is 2.82. The van der Waals surface area contributed by atoms with Crippen molar-refractivity contribution in [2.24, 2.45) is 0 Å². The minimum atomic E-state index is 0.443. The van der Waals surface area contributed by atoms with Crippen LogP contribution in [0, 0.1) is 0 Å². The lowest BCUT2D eigenvalue weighted by atomic mass is 10.1. The molecule has 0 bridgehead atoms. The van der Waals surface area contributed by atoms with Crippen LogP contribution in [0.5, 0.6) is 5.75 Å². The highest BCUT2D eigenvalue weighted by Gasteiger charge is 2.18. The molecule has 0 aromatic heterocycles. The van der Waals surface area contributed by atoms with Crippen molar-refractivity contribution in [3.05, 3.63) is 29.8 Å². The maximum absolute atomic E-state index is 5.37. The first-order chi connectivity index (χ1) is 8.29. The third-order valence-electron chi connectivity index (χ3n) is 3.17. The molecule has 0 radical (unpaired) electrons. The van der Waals surface area contributed by atoms with E-state index in [0.717, 1.165) is 31.8 Å². The van der Waals surface area contributed by atoms with Crippen molar-refractivity contribution in [2.45, 2.75) is 31.8 Å². The van der Waals surface area contributed by atoms with Gasteiger partial charge in [-0.2, -0.15) is 0 Å². The Morgan fingerprint density at radius 2 is 2.29 bits per heavy atom. The molecule has 0 spiro atoms. The van der Waals surface area contributed by atoms with Gasteiger partial charge >= 0.3 is 0 Å². The molecule has 94 valence electrons. The molecule has 3 nitrogen and oxygen atoms in total. The minimum Gasteiger partial charge on any atom is -0.496 e. The van der Waals surface area contributed by atoms with Crippen LogP contribution in [0.15, 0.2) is 24.3 Å². The zero-order chi connectivity index (χ0) is 12.1. The highest BCUT2D eigenvalue weighted by Crippen LogP contribution is 2.19. The zero-order valence-electron chi connectivity index (χ0n) is 10.6. The summed E-state index contributed by atoms with van der Waals surface area (Å²) in [6.45, 7) is 3.94. The van der Waals surface area contributed by atoms with E-state index in [1.165, 1.54) is 5.56 Å². The Bertz CT molecular complexity index is 348. The Kier molecular flexibility index (Phi) is 4.40. The molecule has 2 rings (SSSR count). The first-order valence-corrected chi connectivity index (χ1v) is 6.25. The van der Waals surface area contributed by atoms with E-state index < -0.39 is 0 Å². The van der Waals surface area contributed by atoms with Crippen LogP contribution in [-0.4, -0.2) is 32.4 Å². The number of para-hydroxylation sites is 1. The second kappa shape index (κ2) is 6.03. The molecule has 2 unspecified atom stereocenters. The Hall–Kier alpha value is -1.06. The summed E-state index contributed by atoms with van der Waals surface area (Å²) < 4.78 is 10.7. The summed E-state index contributed by atoms with van der Waals surface area (Å²) >= 11 is 0. The number of ether oxygens (including phenoxy) is 2. The van der Waals surface area contributed by atoms with Gasteiger partial charge in [-0.15, -0.1) is 0 Å². The van der Waals surface area contributed by atoms with E-state index in [1.807, 2.05) is 12.1 Å². The van der Waals surface area contributed by atoms with Crippen LogP contribution in [0.1, 0.15) is 18.9 Å². The molecule has 17 heavy (non-hydrogen) atoms. The van der Waals surface area contributed by atoms with Gasteiger partial charge in [0.2, 0.25) is 0 Å². The van der Waals surface area contributed by atoms with Crippen molar-refractivity contribution in [1.82, 2.24) is 5.32 Å². The quantitative estimate of drug-likeness (QED) is 0.847. The second-order valence-electron chi connectivity index (χ2n) is 4.64. The van der Waals surface area contributed by atoms with E-state index in [9.17, 15) is 0 Å². The van der Waals surface area contributed by atoms with Crippen LogP contribution >= 0.6 is 0 Å². The van der Waals surface area contributed by atoms with Gasteiger partial charge in [-0.3, -0.25) is 0 Å². The van der Waals surface area contributed by atoms with Gasteiger partial charge in [-0.05, 0) is 31.4 Å². The summed E-state index contributed by atoms with van der Waals surface area (Å²) in [6, 6.07) is 9.16. The van der Waals surface area contributed by atoms with Crippen molar-refractivity contribution in [1.29, 1.82) is 0 Å². The molecule has 1 aliphatic heterocycles. The minimum absolute atomic E-state index is 0.443. The first-order valence-electron chi connectivity index (χ1n) is 6.25. The third-order valence-corrected chi connectivity index (χ3v) is 3.17. The van der Waals surface area contributed by atoms with E-state index in [1.54, 1.807) is 7.11 Å². The summed E-state index contributed by atoms with van der Waals surface area (Å²) in [4.78, 5) is 0. The molecule has 3 heteroatoms. The number of rotatable bonds is 5. The highest BCUT2D eigenvalue weighted by molar-refractivity contribution is 5.33. The van der Waals surface area contributed by atoms with Crippen LogP contribution in [0.25, 0.3) is 0 Å². The van der Waals surface area contributed by atoms with Crippen LogP contribution in [0.4, 0.5) is 0 Å². The predicted octanol–water partition coefficient (Wildman–Crippen LogP) is 2.00. The van der Waals surface area contributed by atoms with Gasteiger partial charge in [0, 0.05) is 18.7 Å². The summed E-state index contributed by atoms with van der Waals surface area (Å²) in [5, 5.41) is 3.60. The maximum atomic E-state index is 5.37. The van der Waals surface area contributed by atoms with Crippen molar-refractivity contribution in [2.75, 3.05) is 20.3 Å². The lowest BCUT2D eigenvalue weighted by Crippen LogP contribution is -2.38. The molecule has 1 saturated heterocycles. The monoisotopic (exact) mass is 235 g/mol. The number of hydrogen-bond donors (Lipinski definition) is 1. The van der Waals surface area contributed by atoms with Crippen molar-refractivity contribution in [3.63, 3.8) is 0 Å². The van der Waals surface area contributed by atoms with Crippen molar-refractivity contribution >= 4 is 0 Å². The number of benzene rings is 1. The van der Waals surface area contributed by atoms with E-state index in [0.29, 0.717) is 12.1 Å². The molecule has 0 aliphatic carbocycles. The van der Waals surface area contributed by atoms with E-state index >= 15 is 0 Å². The standard InChI is InChI=1S/C14H21NO2/c1-11(15-13-7-8-17-10-13)9-12-5-3-4-6-14(12)16-2/h3-6,11,13,15H,7-10H2,1-2H3. The zero-order valence-corrected chi connectivity index (χ0v) is 10.6. The molecule has 1 heterocycles. The predicted molar refractivity (Wildman–Crippen MR) is 68.5 cm³/mol. The average molecular weight is 235 g/mol. The number of hydrogen-bond acceptors (Lipinski definition) is 3. The third kappa shape index (κ3) is 3.45. The molecule has 1 aliphatic rings. The molecule has 0 saturated carbocycles. The van der Waals surface area contributed by atoms with E-state index in [2.05, 4.69) is 24.4 Å². The van der Waals surface area contributed by atoms with Crippen LogP contribution in [0.3, 0.4) is 0 Å². The van der Waals surface area contributed by atoms with Gasteiger partial charge in [0.1, 0.15) is 5.75 Å². The van der Waals surface area contributed by atoms with Gasteiger partial charge in [0.25, 0.3) is 0 Å². The lowest BCUT2D eigenvalue weighted by Gasteiger charge is -2.19. The Balaban J connectivity index is 1.90. The molecular weight excluding hydrogens is 214 g/mol. The first kappa shape index (κ1) is 12.4. The normalized spacial score (nSPS) is 21.4. The molecule has 1 fully saturated rings. The molecule has 0 amide bonds. The van der Waals surface area contributed by atoms with Crippen LogP contribution < -0.4 is 10.1 Å². The van der Waals surface area contributed by atoms with Gasteiger partial charge in [0.05, 0.1) is 13.7 Å². The smallest absolute Gasteiger partial charge is 0.122 e. The van der Waals surface area contributed by atoms with Crippen LogP contribution in [0.2, 0.25) is 0 Å². The van der Waals surface area contributed by atoms with Gasteiger partial charge in [-0.1, -0.05) is 18.2 Å². The van der Waals surface area contributed by atoms with Crippen molar-refractivity contribution < 1.29 is 9.47 Å². The SMILES string of the molecule is COc1ccccc1CC(C)NC1CCOC1. The Morgan fingerprint density at radius 1 is 1.47 bits per heavy atom. The second-order valence-corrected chi connectivity index (χ2v) is 4.64. The highest BCUT2D eigenvalue weighted by atomic mass is 16.5. The lowest BCUT2D eigenvalue weighted by molar-refractivity contribution is 0.188. The van der Waals surface area contributed by atoms with Crippen LogP contribution in [-0.2, 0) is 11.2 Å². The summed E-state index contributed by atoms with van der Waals surface area (Å²) in [6.07, 6.45) is 2.11. The summed E-state index contributed by atoms with van der Waals surface area (Å²) in [5.41, 5.74) is 1.26. The Labute approximate surface area is 103 Å². The van der Waals surface area contributed by atoms with Gasteiger partial charge in [-0.25, -0.2) is 0 Å². The molecule has 1 aromatic carbocycles. The number of methoxy groups -OCH3 is 1. The van der Waals surface area contributed by atoms with Gasteiger partial charge in [0.15, 0.2) is 0 Å². The Morgan fingerprint density at radius 3 is 3.00 bits per heavy atom.